The molecule has 1 fully saturated rings. The fraction of sp³-hybridized carbons (Fsp3) is 0.222. The summed E-state index contributed by atoms with van der Waals surface area (Å²) in [5, 5.41) is 13.5. The third kappa shape index (κ3) is 4.40. The highest BCUT2D eigenvalue weighted by Gasteiger charge is 2.36. The Morgan fingerprint density at radius 3 is 2.48 bits per heavy atom. The summed E-state index contributed by atoms with van der Waals surface area (Å²) in [6.45, 7) is -0.0190. The SMILES string of the molecule is CS(=O)(=O)c1ccc(NC(=O)C2CC(=O)N(c3ccc(F)c([N+](=O)[O-])c3)C2)cc1. The Morgan fingerprint density at radius 1 is 1.24 bits per heavy atom. The molecular formula is C18H16FN3O6S. The number of nitrogens with zero attached hydrogens (tertiary/aromatic N) is 2. The van der Waals surface area contributed by atoms with Crippen molar-refractivity contribution in [3.63, 3.8) is 0 Å². The normalized spacial score (nSPS) is 16.7. The highest BCUT2D eigenvalue weighted by Crippen LogP contribution is 2.30. The Morgan fingerprint density at radius 2 is 1.90 bits per heavy atom. The predicted molar refractivity (Wildman–Crippen MR) is 102 cm³/mol. The Kier molecular flexibility index (Phi) is 5.33. The monoisotopic (exact) mass is 421 g/mol. The van der Waals surface area contributed by atoms with E-state index < -0.39 is 44.0 Å². The van der Waals surface area contributed by atoms with Crippen molar-refractivity contribution < 1.29 is 27.3 Å². The molecule has 0 radical (unpaired) electrons. The summed E-state index contributed by atoms with van der Waals surface area (Å²) in [7, 11) is -3.36. The number of anilines is 2. The Bertz CT molecular complexity index is 1100. The molecule has 0 saturated carbocycles. The van der Waals surface area contributed by atoms with Crippen LogP contribution in [0.5, 0.6) is 0 Å². The molecule has 2 aromatic rings. The van der Waals surface area contributed by atoms with Crippen molar-refractivity contribution in [1.29, 1.82) is 0 Å². The number of nitrogens with one attached hydrogen (secondary N) is 1. The minimum Gasteiger partial charge on any atom is -0.326 e. The van der Waals surface area contributed by atoms with Gasteiger partial charge in [0.15, 0.2) is 9.84 Å². The first-order valence-corrected chi connectivity index (χ1v) is 10.3. The number of benzene rings is 2. The summed E-state index contributed by atoms with van der Waals surface area (Å²) in [6.07, 6.45) is 0.956. The van der Waals surface area contributed by atoms with E-state index in [4.69, 9.17) is 0 Å². The summed E-state index contributed by atoms with van der Waals surface area (Å²) in [6, 6.07) is 8.68. The van der Waals surface area contributed by atoms with Crippen LogP contribution in [0.25, 0.3) is 0 Å². The maximum Gasteiger partial charge on any atom is 0.306 e. The van der Waals surface area contributed by atoms with Gasteiger partial charge in [-0.05, 0) is 36.4 Å². The van der Waals surface area contributed by atoms with Gasteiger partial charge in [-0.15, -0.1) is 0 Å². The zero-order valence-electron chi connectivity index (χ0n) is 15.2. The third-order valence-electron chi connectivity index (χ3n) is 4.48. The smallest absolute Gasteiger partial charge is 0.306 e. The quantitative estimate of drug-likeness (QED) is 0.582. The molecule has 2 amide bonds. The van der Waals surface area contributed by atoms with E-state index in [2.05, 4.69) is 5.32 Å². The van der Waals surface area contributed by atoms with Crippen LogP contribution in [0.3, 0.4) is 0 Å². The molecule has 0 aliphatic carbocycles. The predicted octanol–water partition coefficient (Wildman–Crippen LogP) is 2.13. The number of carbonyl (C=O) groups is 2. The fourth-order valence-electron chi connectivity index (χ4n) is 2.97. The van der Waals surface area contributed by atoms with E-state index in [-0.39, 0.29) is 23.5 Å². The minimum absolute atomic E-state index is 0.0190. The average molecular weight is 421 g/mol. The third-order valence-corrected chi connectivity index (χ3v) is 5.61. The zero-order valence-corrected chi connectivity index (χ0v) is 16.0. The van der Waals surface area contributed by atoms with Crippen molar-refractivity contribution in [3.05, 3.63) is 58.4 Å². The van der Waals surface area contributed by atoms with E-state index in [1.807, 2.05) is 0 Å². The molecule has 1 N–H and O–H groups in total. The second kappa shape index (κ2) is 7.59. The molecule has 0 aromatic heterocycles. The summed E-state index contributed by atoms with van der Waals surface area (Å²) in [4.78, 5) is 36.1. The number of hydrogen-bond acceptors (Lipinski definition) is 6. The van der Waals surface area contributed by atoms with Gasteiger partial charge in [0, 0.05) is 31.0 Å². The van der Waals surface area contributed by atoms with Gasteiger partial charge >= 0.3 is 5.69 Å². The van der Waals surface area contributed by atoms with E-state index in [0.29, 0.717) is 5.69 Å². The molecule has 0 bridgehead atoms. The molecule has 3 rings (SSSR count). The van der Waals surface area contributed by atoms with Crippen molar-refractivity contribution in [3.8, 4) is 0 Å². The van der Waals surface area contributed by atoms with E-state index in [9.17, 15) is 32.5 Å². The van der Waals surface area contributed by atoms with Gasteiger partial charge < -0.3 is 10.2 Å². The minimum atomic E-state index is -3.36. The van der Waals surface area contributed by atoms with Crippen molar-refractivity contribution in [2.24, 2.45) is 5.92 Å². The second-order valence-electron chi connectivity index (χ2n) is 6.58. The molecule has 29 heavy (non-hydrogen) atoms. The molecule has 1 unspecified atom stereocenters. The molecule has 1 saturated heterocycles. The molecule has 1 atom stereocenters. The number of nitro groups is 1. The maximum atomic E-state index is 13.5. The fourth-order valence-corrected chi connectivity index (χ4v) is 3.60. The van der Waals surface area contributed by atoms with Crippen LogP contribution in [-0.4, -0.2) is 38.0 Å². The lowest BCUT2D eigenvalue weighted by atomic mass is 10.1. The molecule has 1 aliphatic rings. The topological polar surface area (TPSA) is 127 Å². The van der Waals surface area contributed by atoms with Crippen molar-refractivity contribution >= 4 is 38.7 Å². The van der Waals surface area contributed by atoms with Crippen LogP contribution >= 0.6 is 0 Å². The van der Waals surface area contributed by atoms with Crippen molar-refractivity contribution in [2.75, 3.05) is 23.0 Å². The molecule has 152 valence electrons. The lowest BCUT2D eigenvalue weighted by Gasteiger charge is -2.16. The highest BCUT2D eigenvalue weighted by molar-refractivity contribution is 7.90. The number of sulfone groups is 1. The number of amides is 2. The summed E-state index contributed by atoms with van der Waals surface area (Å²) in [5.74, 6) is -2.61. The van der Waals surface area contributed by atoms with E-state index in [1.165, 1.54) is 35.2 Å². The number of rotatable bonds is 5. The Balaban J connectivity index is 1.72. The molecule has 11 heteroatoms. The van der Waals surface area contributed by atoms with Gasteiger partial charge in [0.05, 0.1) is 21.4 Å². The average Bonchev–Trinajstić information content (AvgIpc) is 3.03. The lowest BCUT2D eigenvalue weighted by molar-refractivity contribution is -0.387. The van der Waals surface area contributed by atoms with Crippen molar-refractivity contribution in [2.45, 2.75) is 11.3 Å². The lowest BCUT2D eigenvalue weighted by Crippen LogP contribution is -2.28. The van der Waals surface area contributed by atoms with Crippen LogP contribution in [0.2, 0.25) is 0 Å². The first-order valence-electron chi connectivity index (χ1n) is 8.41. The molecule has 0 spiro atoms. The largest absolute Gasteiger partial charge is 0.326 e. The first kappa shape index (κ1) is 20.4. The Labute approximate surface area is 165 Å². The number of hydrogen-bond donors (Lipinski definition) is 1. The van der Waals surface area contributed by atoms with Gasteiger partial charge in [-0.1, -0.05) is 0 Å². The molecular weight excluding hydrogens is 405 g/mol. The zero-order chi connectivity index (χ0) is 21.3. The summed E-state index contributed by atoms with van der Waals surface area (Å²) >= 11 is 0. The molecule has 1 aliphatic heterocycles. The van der Waals surface area contributed by atoms with Gasteiger partial charge in [0.2, 0.25) is 17.6 Å². The van der Waals surface area contributed by atoms with Crippen LogP contribution in [0, 0.1) is 21.8 Å². The maximum absolute atomic E-state index is 13.5. The van der Waals surface area contributed by atoms with Crippen LogP contribution < -0.4 is 10.2 Å². The van der Waals surface area contributed by atoms with Crippen LogP contribution in [0.4, 0.5) is 21.5 Å². The van der Waals surface area contributed by atoms with E-state index in [0.717, 1.165) is 18.4 Å². The molecule has 2 aromatic carbocycles. The van der Waals surface area contributed by atoms with Gasteiger partial charge in [0.1, 0.15) is 0 Å². The van der Waals surface area contributed by atoms with Crippen LogP contribution in [-0.2, 0) is 19.4 Å². The van der Waals surface area contributed by atoms with Crippen LogP contribution in [0.15, 0.2) is 47.4 Å². The van der Waals surface area contributed by atoms with E-state index >= 15 is 0 Å². The van der Waals surface area contributed by atoms with Crippen LogP contribution in [0.1, 0.15) is 6.42 Å². The van der Waals surface area contributed by atoms with E-state index in [1.54, 1.807) is 0 Å². The second-order valence-corrected chi connectivity index (χ2v) is 8.60. The molecule has 9 nitrogen and oxygen atoms in total. The van der Waals surface area contributed by atoms with Gasteiger partial charge in [-0.2, -0.15) is 4.39 Å². The molecule has 1 heterocycles. The standard InChI is InChI=1S/C18H16FN3O6S/c1-29(27,28)14-5-2-12(3-6-14)20-18(24)11-8-17(23)21(10-11)13-4-7-15(19)16(9-13)22(25)26/h2-7,9,11H,8,10H2,1H3,(H,20,24). The van der Waals surface area contributed by atoms with Crippen molar-refractivity contribution in [1.82, 2.24) is 0 Å². The highest BCUT2D eigenvalue weighted by atomic mass is 32.2. The first-order chi connectivity index (χ1) is 13.6. The Hall–Kier alpha value is -3.34. The van der Waals surface area contributed by atoms with Gasteiger partial charge in [0.25, 0.3) is 0 Å². The number of nitro benzene ring substituents is 1. The van der Waals surface area contributed by atoms with Gasteiger partial charge in [-0.25, -0.2) is 8.42 Å². The van der Waals surface area contributed by atoms with Gasteiger partial charge in [-0.3, -0.25) is 19.7 Å². The summed E-state index contributed by atoms with van der Waals surface area (Å²) < 4.78 is 36.5. The number of halogens is 1. The summed E-state index contributed by atoms with van der Waals surface area (Å²) in [5.41, 5.74) is -0.254. The number of carbonyl (C=O) groups excluding carboxylic acids is 2.